The van der Waals surface area contributed by atoms with E-state index in [1.165, 1.54) is 16.8 Å². The van der Waals surface area contributed by atoms with Gasteiger partial charge in [-0.25, -0.2) is 9.69 Å². The van der Waals surface area contributed by atoms with E-state index in [1.807, 2.05) is 30.3 Å². The van der Waals surface area contributed by atoms with Crippen LogP contribution in [0.15, 0.2) is 84.4 Å². The number of para-hydroxylation sites is 1. The molecule has 6 heteroatoms. The zero-order valence-corrected chi connectivity index (χ0v) is 18.0. The molecule has 3 aromatic rings. The summed E-state index contributed by atoms with van der Waals surface area (Å²) >= 11 is 0. The van der Waals surface area contributed by atoms with Gasteiger partial charge in [0.15, 0.2) is 0 Å². The van der Waals surface area contributed by atoms with Crippen LogP contribution in [0.5, 0.6) is 0 Å². The predicted molar refractivity (Wildman–Crippen MR) is 128 cm³/mol. The molecule has 2 aliphatic heterocycles. The monoisotopic (exact) mass is 437 g/mol. The predicted octanol–water partition coefficient (Wildman–Crippen LogP) is 4.31. The number of hydrogen-bond donors (Lipinski definition) is 1. The summed E-state index contributed by atoms with van der Waals surface area (Å²) < 4.78 is 0. The number of urea groups is 1. The molecule has 0 radical (unpaired) electrons. The van der Waals surface area contributed by atoms with Crippen LogP contribution in [0.4, 0.5) is 16.2 Å². The molecule has 164 valence electrons. The highest BCUT2D eigenvalue weighted by molar-refractivity contribution is 6.39. The number of carbonyl (C=O) groups excluding carboxylic acids is 3. The summed E-state index contributed by atoms with van der Waals surface area (Å²) in [7, 11) is 0. The maximum atomic E-state index is 13.1. The largest absolute Gasteiger partial charge is 0.367 e. The molecule has 5 rings (SSSR count). The molecular formula is C27H23N3O3. The molecule has 2 aliphatic rings. The number of anilines is 2. The van der Waals surface area contributed by atoms with E-state index >= 15 is 0 Å². The van der Waals surface area contributed by atoms with Crippen molar-refractivity contribution >= 4 is 35.3 Å². The lowest BCUT2D eigenvalue weighted by Gasteiger charge is -2.32. The average molecular weight is 437 g/mol. The van der Waals surface area contributed by atoms with Crippen molar-refractivity contribution in [2.24, 2.45) is 0 Å². The average Bonchev–Trinajstić information content (AvgIpc) is 2.83. The molecule has 4 amide bonds. The van der Waals surface area contributed by atoms with Gasteiger partial charge in [0.05, 0.1) is 5.69 Å². The van der Waals surface area contributed by atoms with Crippen LogP contribution < -0.4 is 15.1 Å². The van der Waals surface area contributed by atoms with Crippen LogP contribution in [0.3, 0.4) is 0 Å². The topological polar surface area (TPSA) is 69.7 Å². The Balaban J connectivity index is 1.44. The maximum absolute atomic E-state index is 13.1. The van der Waals surface area contributed by atoms with E-state index in [-0.39, 0.29) is 5.57 Å². The molecule has 3 aromatic carbocycles. The molecule has 2 heterocycles. The first-order valence-corrected chi connectivity index (χ1v) is 11.0. The molecule has 1 fully saturated rings. The van der Waals surface area contributed by atoms with Crippen molar-refractivity contribution in [3.05, 3.63) is 101 Å². The molecule has 1 N–H and O–H groups in total. The van der Waals surface area contributed by atoms with E-state index in [9.17, 15) is 14.4 Å². The van der Waals surface area contributed by atoms with Crippen LogP contribution in [0, 0.1) is 0 Å². The highest BCUT2D eigenvalue weighted by Crippen LogP contribution is 2.30. The number of barbiturate groups is 1. The maximum Gasteiger partial charge on any atom is 0.335 e. The van der Waals surface area contributed by atoms with Gasteiger partial charge in [-0.3, -0.25) is 14.9 Å². The van der Waals surface area contributed by atoms with E-state index in [4.69, 9.17) is 0 Å². The minimum Gasteiger partial charge on any atom is -0.367 e. The Morgan fingerprint density at radius 2 is 1.61 bits per heavy atom. The molecule has 0 saturated carbocycles. The normalized spacial score (nSPS) is 17.2. The first kappa shape index (κ1) is 20.7. The number of nitrogens with zero attached hydrogens (tertiary/aromatic N) is 2. The standard InChI is InChI=1S/C27H23N3O3/c31-25-23(26(32)30(27(33)28-25)22-11-5-2-6-12-22)17-20-13-14-24-21(16-20)10-7-15-29(24)18-19-8-3-1-4-9-19/h1-6,8-9,11-14,16-17H,7,10,15,18H2,(H,28,31,33). The Bertz CT molecular complexity index is 1250. The molecule has 0 atom stereocenters. The first-order valence-electron chi connectivity index (χ1n) is 11.0. The van der Waals surface area contributed by atoms with Gasteiger partial charge in [0.1, 0.15) is 5.57 Å². The summed E-state index contributed by atoms with van der Waals surface area (Å²) in [5, 5.41) is 2.28. The summed E-state index contributed by atoms with van der Waals surface area (Å²) in [6, 6.07) is 24.2. The highest BCUT2D eigenvalue weighted by Gasteiger charge is 2.36. The fraction of sp³-hybridized carbons (Fsp3) is 0.148. The molecule has 0 aliphatic carbocycles. The Morgan fingerprint density at radius 1 is 0.879 bits per heavy atom. The van der Waals surface area contributed by atoms with Crippen molar-refractivity contribution in [3.8, 4) is 0 Å². The minimum absolute atomic E-state index is 0.0599. The number of nitrogens with one attached hydrogen (secondary N) is 1. The van der Waals surface area contributed by atoms with Crippen LogP contribution in [0.1, 0.15) is 23.1 Å². The van der Waals surface area contributed by atoms with Gasteiger partial charge < -0.3 is 4.90 Å². The molecule has 0 spiro atoms. The van der Waals surface area contributed by atoms with Crippen LogP contribution in [-0.4, -0.2) is 24.4 Å². The summed E-state index contributed by atoms with van der Waals surface area (Å²) in [5.41, 5.74) is 4.73. The van der Waals surface area contributed by atoms with Crippen LogP contribution in [0.25, 0.3) is 6.08 Å². The van der Waals surface area contributed by atoms with Crippen LogP contribution in [-0.2, 0) is 22.6 Å². The number of rotatable bonds is 4. The fourth-order valence-corrected chi connectivity index (χ4v) is 4.39. The van der Waals surface area contributed by atoms with Crippen molar-refractivity contribution < 1.29 is 14.4 Å². The Morgan fingerprint density at radius 3 is 2.36 bits per heavy atom. The van der Waals surface area contributed by atoms with E-state index in [0.717, 1.165) is 36.4 Å². The molecular weight excluding hydrogens is 414 g/mol. The quantitative estimate of drug-likeness (QED) is 0.488. The second-order valence-corrected chi connectivity index (χ2v) is 8.19. The van der Waals surface area contributed by atoms with Crippen molar-refractivity contribution in [3.63, 3.8) is 0 Å². The van der Waals surface area contributed by atoms with Crippen LogP contribution in [0.2, 0.25) is 0 Å². The van der Waals surface area contributed by atoms with E-state index in [0.29, 0.717) is 5.69 Å². The number of fused-ring (bicyclic) bond motifs is 1. The van der Waals surface area contributed by atoms with Gasteiger partial charge in [-0.05, 0) is 59.9 Å². The number of carbonyl (C=O) groups is 3. The van der Waals surface area contributed by atoms with E-state index in [2.05, 4.69) is 28.4 Å². The van der Waals surface area contributed by atoms with Crippen LogP contribution >= 0.6 is 0 Å². The lowest BCUT2D eigenvalue weighted by molar-refractivity contribution is -0.122. The summed E-state index contributed by atoms with van der Waals surface area (Å²) in [6.45, 7) is 1.82. The lowest BCUT2D eigenvalue weighted by atomic mass is 9.97. The first-order chi connectivity index (χ1) is 16.1. The van der Waals surface area contributed by atoms with Gasteiger partial charge in [0.25, 0.3) is 11.8 Å². The Hall–Kier alpha value is -4.19. The number of benzene rings is 3. The van der Waals surface area contributed by atoms with Gasteiger partial charge in [-0.15, -0.1) is 0 Å². The van der Waals surface area contributed by atoms with Gasteiger partial charge in [0.2, 0.25) is 0 Å². The summed E-state index contributed by atoms with van der Waals surface area (Å²) in [5.74, 6) is -1.31. The SMILES string of the molecule is O=C1NC(=O)N(c2ccccc2)C(=O)C1=Cc1ccc2c(c1)CCCN2Cc1ccccc1. The third-order valence-electron chi connectivity index (χ3n) is 5.96. The molecule has 1 saturated heterocycles. The Kier molecular flexibility index (Phi) is 5.48. The van der Waals surface area contributed by atoms with Gasteiger partial charge >= 0.3 is 6.03 Å². The van der Waals surface area contributed by atoms with Crippen molar-refractivity contribution in [1.29, 1.82) is 0 Å². The summed E-state index contributed by atoms with van der Waals surface area (Å²) in [4.78, 5) is 41.2. The zero-order chi connectivity index (χ0) is 22.8. The number of hydrogen-bond acceptors (Lipinski definition) is 4. The second kappa shape index (κ2) is 8.74. The lowest BCUT2D eigenvalue weighted by Crippen LogP contribution is -2.54. The number of aryl methyl sites for hydroxylation is 1. The molecule has 33 heavy (non-hydrogen) atoms. The zero-order valence-electron chi connectivity index (χ0n) is 18.0. The van der Waals surface area contributed by atoms with E-state index in [1.54, 1.807) is 36.4 Å². The third kappa shape index (κ3) is 4.15. The second-order valence-electron chi connectivity index (χ2n) is 8.19. The number of imide groups is 2. The smallest absolute Gasteiger partial charge is 0.335 e. The molecule has 0 unspecified atom stereocenters. The van der Waals surface area contributed by atoms with Gasteiger partial charge in [-0.2, -0.15) is 0 Å². The van der Waals surface area contributed by atoms with Gasteiger partial charge in [-0.1, -0.05) is 54.6 Å². The highest BCUT2D eigenvalue weighted by atomic mass is 16.2. The van der Waals surface area contributed by atoms with E-state index < -0.39 is 17.8 Å². The van der Waals surface area contributed by atoms with Crippen molar-refractivity contribution in [2.75, 3.05) is 16.3 Å². The molecule has 6 nitrogen and oxygen atoms in total. The van der Waals surface area contributed by atoms with Crippen molar-refractivity contribution in [2.45, 2.75) is 19.4 Å². The Labute approximate surface area is 192 Å². The van der Waals surface area contributed by atoms with Gasteiger partial charge in [0, 0.05) is 18.8 Å². The fourth-order valence-electron chi connectivity index (χ4n) is 4.39. The minimum atomic E-state index is -0.740. The third-order valence-corrected chi connectivity index (χ3v) is 5.96. The number of amides is 4. The summed E-state index contributed by atoms with van der Waals surface area (Å²) in [6.07, 6.45) is 3.54. The molecule has 0 bridgehead atoms. The van der Waals surface area contributed by atoms with Crippen molar-refractivity contribution in [1.82, 2.24) is 5.32 Å². The molecule has 0 aromatic heterocycles.